The Morgan fingerprint density at radius 2 is 2.00 bits per heavy atom. The van der Waals surface area contributed by atoms with Crippen LogP contribution in [-0.4, -0.2) is 25.6 Å². The Kier molecular flexibility index (Phi) is 3.08. The Morgan fingerprint density at radius 1 is 1.18 bits per heavy atom. The number of hydrogen-bond acceptors (Lipinski definition) is 5. The zero-order valence-electron chi connectivity index (χ0n) is 12.3. The van der Waals surface area contributed by atoms with E-state index in [4.69, 9.17) is 14.2 Å². The van der Waals surface area contributed by atoms with Crippen LogP contribution in [0.2, 0.25) is 0 Å². The molecule has 0 fully saturated rings. The van der Waals surface area contributed by atoms with Gasteiger partial charge in [-0.2, -0.15) is 0 Å². The number of ether oxygens (including phenoxy) is 3. The summed E-state index contributed by atoms with van der Waals surface area (Å²) in [7, 11) is 1.55. The predicted molar refractivity (Wildman–Crippen MR) is 80.8 cm³/mol. The first-order chi connectivity index (χ1) is 10.8. The molecule has 2 aliphatic heterocycles. The lowest BCUT2D eigenvalue weighted by molar-refractivity contribution is 0.174. The van der Waals surface area contributed by atoms with E-state index in [1.165, 1.54) is 11.1 Å². The largest absolute Gasteiger partial charge is 0.504 e. The number of hydrogen-bond donors (Lipinski definition) is 2. The molecule has 0 bridgehead atoms. The molecule has 0 radical (unpaired) electrons. The molecule has 0 saturated carbocycles. The smallest absolute Gasteiger partial charge is 0.231 e. The summed E-state index contributed by atoms with van der Waals surface area (Å²) in [6.07, 6.45) is 0.956. The SMILES string of the molecule is COc1cc(C2NCCc3cc4c(cc32)OCO4)ccc1O. The van der Waals surface area contributed by atoms with Crippen LogP contribution in [0.4, 0.5) is 0 Å². The third kappa shape index (κ3) is 2.05. The van der Waals surface area contributed by atoms with Gasteiger partial charge in [-0.1, -0.05) is 6.07 Å². The molecule has 2 heterocycles. The van der Waals surface area contributed by atoms with E-state index in [1.54, 1.807) is 13.2 Å². The van der Waals surface area contributed by atoms with E-state index in [9.17, 15) is 5.11 Å². The van der Waals surface area contributed by atoms with Gasteiger partial charge in [0.1, 0.15) is 0 Å². The van der Waals surface area contributed by atoms with Gasteiger partial charge < -0.3 is 24.6 Å². The molecule has 2 N–H and O–H groups in total. The van der Waals surface area contributed by atoms with Crippen molar-refractivity contribution in [1.82, 2.24) is 5.32 Å². The zero-order valence-corrected chi connectivity index (χ0v) is 12.3. The van der Waals surface area contributed by atoms with Crippen LogP contribution in [-0.2, 0) is 6.42 Å². The number of phenols is 1. The van der Waals surface area contributed by atoms with Gasteiger partial charge in [0.25, 0.3) is 0 Å². The third-order valence-corrected chi connectivity index (χ3v) is 4.23. The van der Waals surface area contributed by atoms with Crippen LogP contribution in [0.3, 0.4) is 0 Å². The molecule has 22 heavy (non-hydrogen) atoms. The van der Waals surface area contributed by atoms with E-state index >= 15 is 0 Å². The summed E-state index contributed by atoms with van der Waals surface area (Å²) >= 11 is 0. The van der Waals surface area contributed by atoms with Gasteiger partial charge in [-0.3, -0.25) is 0 Å². The molecular weight excluding hydrogens is 282 g/mol. The van der Waals surface area contributed by atoms with Crippen molar-refractivity contribution in [2.45, 2.75) is 12.5 Å². The van der Waals surface area contributed by atoms with Crippen LogP contribution in [0, 0.1) is 0 Å². The van der Waals surface area contributed by atoms with Crippen LogP contribution >= 0.6 is 0 Å². The molecule has 2 aromatic carbocycles. The molecule has 0 saturated heterocycles. The van der Waals surface area contributed by atoms with Crippen molar-refractivity contribution in [3.63, 3.8) is 0 Å². The highest BCUT2D eigenvalue weighted by molar-refractivity contribution is 5.53. The monoisotopic (exact) mass is 299 g/mol. The third-order valence-electron chi connectivity index (χ3n) is 4.23. The minimum atomic E-state index is 0.0488. The van der Waals surface area contributed by atoms with E-state index in [0.717, 1.165) is 30.0 Å². The summed E-state index contributed by atoms with van der Waals surface area (Å²) in [6, 6.07) is 9.61. The van der Waals surface area contributed by atoms with E-state index in [-0.39, 0.29) is 18.6 Å². The molecule has 1 atom stereocenters. The fraction of sp³-hybridized carbons (Fsp3) is 0.294. The van der Waals surface area contributed by atoms with Gasteiger partial charge >= 0.3 is 0 Å². The van der Waals surface area contributed by atoms with E-state index in [0.29, 0.717) is 5.75 Å². The molecular formula is C17H17NO4. The van der Waals surface area contributed by atoms with Crippen LogP contribution in [0.15, 0.2) is 30.3 Å². The molecule has 0 amide bonds. The summed E-state index contributed by atoms with van der Waals surface area (Å²) in [5.41, 5.74) is 3.50. The van der Waals surface area contributed by atoms with Crippen molar-refractivity contribution in [1.29, 1.82) is 0 Å². The van der Waals surface area contributed by atoms with Gasteiger partial charge in [0, 0.05) is 6.54 Å². The van der Waals surface area contributed by atoms with Gasteiger partial charge in [-0.15, -0.1) is 0 Å². The average molecular weight is 299 g/mol. The van der Waals surface area contributed by atoms with Crippen molar-refractivity contribution >= 4 is 0 Å². The molecule has 2 aromatic rings. The van der Waals surface area contributed by atoms with E-state index in [2.05, 4.69) is 11.4 Å². The lowest BCUT2D eigenvalue weighted by atomic mass is 9.89. The summed E-state index contributed by atoms with van der Waals surface area (Å²) in [4.78, 5) is 0. The molecule has 5 heteroatoms. The first kappa shape index (κ1) is 13.3. The molecule has 114 valence electrons. The van der Waals surface area contributed by atoms with Crippen LogP contribution in [0.5, 0.6) is 23.0 Å². The highest BCUT2D eigenvalue weighted by Crippen LogP contribution is 2.41. The van der Waals surface area contributed by atoms with Gasteiger partial charge in [0.2, 0.25) is 6.79 Å². The lowest BCUT2D eigenvalue weighted by Gasteiger charge is -2.28. The lowest BCUT2D eigenvalue weighted by Crippen LogP contribution is -2.30. The Hall–Kier alpha value is -2.40. The summed E-state index contributed by atoms with van der Waals surface area (Å²) in [6.45, 7) is 1.17. The van der Waals surface area contributed by atoms with Crippen molar-refractivity contribution in [3.05, 3.63) is 47.0 Å². The van der Waals surface area contributed by atoms with Gasteiger partial charge in [-0.05, 0) is 47.4 Å². The summed E-state index contributed by atoms with van der Waals surface area (Å²) in [5, 5.41) is 13.3. The van der Waals surface area contributed by atoms with Crippen molar-refractivity contribution in [2.75, 3.05) is 20.4 Å². The number of aromatic hydroxyl groups is 1. The van der Waals surface area contributed by atoms with Gasteiger partial charge in [-0.25, -0.2) is 0 Å². The molecule has 5 nitrogen and oxygen atoms in total. The quantitative estimate of drug-likeness (QED) is 0.891. The maximum absolute atomic E-state index is 9.77. The standard InChI is InChI=1S/C17H17NO4/c1-20-14-7-11(2-3-13(14)19)17-12-8-16-15(21-9-22-16)6-10(12)4-5-18-17/h2-3,6-8,17-19H,4-5,9H2,1H3. The maximum atomic E-state index is 9.77. The minimum Gasteiger partial charge on any atom is -0.504 e. The second-order valence-electron chi connectivity index (χ2n) is 5.47. The number of nitrogens with one attached hydrogen (secondary N) is 1. The zero-order chi connectivity index (χ0) is 15.1. The number of fused-ring (bicyclic) bond motifs is 2. The number of phenolic OH excluding ortho intramolecular Hbond substituents is 1. The normalized spacial score (nSPS) is 18.9. The molecule has 0 aromatic heterocycles. The number of benzene rings is 2. The highest BCUT2D eigenvalue weighted by Gasteiger charge is 2.26. The second-order valence-corrected chi connectivity index (χ2v) is 5.47. The minimum absolute atomic E-state index is 0.0488. The fourth-order valence-corrected chi connectivity index (χ4v) is 3.12. The molecule has 0 spiro atoms. The number of rotatable bonds is 2. The number of methoxy groups -OCH3 is 1. The van der Waals surface area contributed by atoms with Crippen molar-refractivity contribution in [2.24, 2.45) is 0 Å². The molecule has 1 unspecified atom stereocenters. The highest BCUT2D eigenvalue weighted by atomic mass is 16.7. The summed E-state index contributed by atoms with van der Waals surface area (Å²) < 4.78 is 16.2. The molecule has 0 aliphatic carbocycles. The molecule has 2 aliphatic rings. The fourth-order valence-electron chi connectivity index (χ4n) is 3.12. The van der Waals surface area contributed by atoms with Gasteiger partial charge in [0.15, 0.2) is 23.0 Å². The first-order valence-electron chi connectivity index (χ1n) is 7.29. The topological polar surface area (TPSA) is 60.0 Å². The van der Waals surface area contributed by atoms with Crippen molar-refractivity contribution in [3.8, 4) is 23.0 Å². The van der Waals surface area contributed by atoms with Crippen LogP contribution < -0.4 is 19.5 Å². The predicted octanol–water partition coefficient (Wildman–Crippen LogP) is 2.36. The first-order valence-corrected chi connectivity index (χ1v) is 7.29. The molecule has 4 rings (SSSR count). The second kappa shape index (κ2) is 5.10. The van der Waals surface area contributed by atoms with Gasteiger partial charge in [0.05, 0.1) is 13.2 Å². The maximum Gasteiger partial charge on any atom is 0.231 e. The summed E-state index contributed by atoms with van der Waals surface area (Å²) in [5.74, 6) is 2.24. The Bertz CT molecular complexity index is 729. The average Bonchev–Trinajstić information content (AvgIpc) is 3.00. The Balaban J connectivity index is 1.79. The van der Waals surface area contributed by atoms with Crippen LogP contribution in [0.25, 0.3) is 0 Å². The Morgan fingerprint density at radius 3 is 2.82 bits per heavy atom. The Labute approximate surface area is 128 Å². The van der Waals surface area contributed by atoms with E-state index < -0.39 is 0 Å². The van der Waals surface area contributed by atoms with Crippen LogP contribution in [0.1, 0.15) is 22.7 Å². The van der Waals surface area contributed by atoms with E-state index in [1.807, 2.05) is 18.2 Å². The van der Waals surface area contributed by atoms with Crippen molar-refractivity contribution < 1.29 is 19.3 Å².